The number of halogens is 2. The van der Waals surface area contributed by atoms with Crippen LogP contribution in [0, 0.1) is 0 Å². The summed E-state index contributed by atoms with van der Waals surface area (Å²) in [5.41, 5.74) is 4.01. The highest BCUT2D eigenvalue weighted by molar-refractivity contribution is 6.36. The molecule has 0 saturated carbocycles. The summed E-state index contributed by atoms with van der Waals surface area (Å²) >= 11 is 13.0. The predicted octanol–water partition coefficient (Wildman–Crippen LogP) is 7.39. The molecule has 38 heavy (non-hydrogen) atoms. The van der Waals surface area contributed by atoms with Crippen molar-refractivity contribution in [2.24, 2.45) is 0 Å². The van der Waals surface area contributed by atoms with E-state index in [1.54, 1.807) is 23.1 Å². The SMILES string of the molecule is CCCNC(=O)[C@@H](Cc1ccccc1)N(Cc1c(Cl)cccc1Cl)C(=O)CCc1ccc(C(C)(C)C)cc1. The van der Waals surface area contributed by atoms with Gasteiger partial charge in [0.05, 0.1) is 0 Å². The lowest BCUT2D eigenvalue weighted by atomic mass is 9.86. The van der Waals surface area contributed by atoms with Crippen molar-refractivity contribution in [1.82, 2.24) is 10.2 Å². The highest BCUT2D eigenvalue weighted by atomic mass is 35.5. The third-order valence-electron chi connectivity index (χ3n) is 6.66. The molecule has 3 aromatic carbocycles. The van der Waals surface area contributed by atoms with Gasteiger partial charge in [0.1, 0.15) is 6.04 Å². The van der Waals surface area contributed by atoms with Gasteiger partial charge >= 0.3 is 0 Å². The molecule has 1 atom stereocenters. The first-order chi connectivity index (χ1) is 18.1. The molecular weight excluding hydrogens is 515 g/mol. The van der Waals surface area contributed by atoms with Crippen molar-refractivity contribution in [3.05, 3.63) is 105 Å². The zero-order chi connectivity index (χ0) is 27.7. The van der Waals surface area contributed by atoms with Crippen LogP contribution in [0.5, 0.6) is 0 Å². The first kappa shape index (κ1) is 29.7. The van der Waals surface area contributed by atoms with Gasteiger partial charge in [0.25, 0.3) is 0 Å². The van der Waals surface area contributed by atoms with Gasteiger partial charge in [-0.05, 0) is 47.1 Å². The highest BCUT2D eigenvalue weighted by Crippen LogP contribution is 2.28. The average molecular weight is 554 g/mol. The summed E-state index contributed by atoms with van der Waals surface area (Å²) in [7, 11) is 0. The third kappa shape index (κ3) is 8.34. The van der Waals surface area contributed by atoms with Gasteiger partial charge < -0.3 is 10.2 Å². The molecule has 0 bridgehead atoms. The van der Waals surface area contributed by atoms with Crippen LogP contribution in [0.2, 0.25) is 10.0 Å². The molecule has 0 aromatic heterocycles. The van der Waals surface area contributed by atoms with Crippen molar-refractivity contribution in [3.8, 4) is 0 Å². The fourth-order valence-corrected chi connectivity index (χ4v) is 4.86. The van der Waals surface area contributed by atoms with Crippen LogP contribution in [-0.2, 0) is 34.4 Å². The monoisotopic (exact) mass is 552 g/mol. The lowest BCUT2D eigenvalue weighted by molar-refractivity contribution is -0.141. The number of nitrogens with zero attached hydrogens (tertiary/aromatic N) is 1. The van der Waals surface area contributed by atoms with Gasteiger partial charge in [0.15, 0.2) is 0 Å². The fourth-order valence-electron chi connectivity index (χ4n) is 4.34. The molecule has 2 amide bonds. The van der Waals surface area contributed by atoms with E-state index < -0.39 is 6.04 Å². The third-order valence-corrected chi connectivity index (χ3v) is 7.37. The Hall–Kier alpha value is -2.82. The Morgan fingerprint density at radius 2 is 1.50 bits per heavy atom. The van der Waals surface area contributed by atoms with Crippen LogP contribution < -0.4 is 5.32 Å². The molecule has 3 aromatic rings. The second kappa shape index (κ2) is 13.8. The summed E-state index contributed by atoms with van der Waals surface area (Å²) in [6, 6.07) is 22.8. The molecular formula is C32H38Cl2N2O2. The summed E-state index contributed by atoms with van der Waals surface area (Å²) in [5, 5.41) is 3.94. The number of rotatable bonds is 11. The Morgan fingerprint density at radius 3 is 2.08 bits per heavy atom. The van der Waals surface area contributed by atoms with Crippen LogP contribution in [0.1, 0.15) is 62.8 Å². The maximum atomic E-state index is 13.8. The number of amides is 2. The van der Waals surface area contributed by atoms with Gasteiger partial charge in [0, 0.05) is 41.5 Å². The lowest BCUT2D eigenvalue weighted by Crippen LogP contribution is -2.50. The maximum Gasteiger partial charge on any atom is 0.243 e. The van der Waals surface area contributed by atoms with Gasteiger partial charge in [-0.2, -0.15) is 0 Å². The van der Waals surface area contributed by atoms with E-state index in [-0.39, 0.29) is 30.2 Å². The van der Waals surface area contributed by atoms with Crippen molar-refractivity contribution in [3.63, 3.8) is 0 Å². The lowest BCUT2D eigenvalue weighted by Gasteiger charge is -2.32. The number of hydrogen-bond donors (Lipinski definition) is 1. The normalized spacial score (nSPS) is 12.2. The van der Waals surface area contributed by atoms with Crippen molar-refractivity contribution in [2.45, 2.75) is 71.4 Å². The second-order valence-corrected chi connectivity index (χ2v) is 11.5. The van der Waals surface area contributed by atoms with Crippen molar-refractivity contribution in [2.75, 3.05) is 6.54 Å². The summed E-state index contributed by atoms with van der Waals surface area (Å²) in [5.74, 6) is -0.296. The Labute approximate surface area is 237 Å². The molecule has 0 aliphatic carbocycles. The van der Waals surface area contributed by atoms with Crippen molar-refractivity contribution in [1.29, 1.82) is 0 Å². The van der Waals surface area contributed by atoms with E-state index in [9.17, 15) is 9.59 Å². The van der Waals surface area contributed by atoms with E-state index >= 15 is 0 Å². The number of nitrogens with one attached hydrogen (secondary N) is 1. The van der Waals surface area contributed by atoms with Gasteiger partial charge in [0.2, 0.25) is 11.8 Å². The van der Waals surface area contributed by atoms with Crippen LogP contribution in [0.15, 0.2) is 72.8 Å². The van der Waals surface area contributed by atoms with Gasteiger partial charge in [-0.3, -0.25) is 9.59 Å². The minimum absolute atomic E-state index is 0.0654. The first-order valence-corrected chi connectivity index (χ1v) is 14.0. The van der Waals surface area contributed by atoms with Gasteiger partial charge in [-0.25, -0.2) is 0 Å². The van der Waals surface area contributed by atoms with E-state index in [4.69, 9.17) is 23.2 Å². The zero-order valence-corrected chi connectivity index (χ0v) is 24.3. The van der Waals surface area contributed by atoms with E-state index in [0.717, 1.165) is 17.5 Å². The number of hydrogen-bond acceptors (Lipinski definition) is 2. The number of carbonyl (C=O) groups excluding carboxylic acids is 2. The van der Waals surface area contributed by atoms with Crippen LogP contribution in [0.4, 0.5) is 0 Å². The number of benzene rings is 3. The predicted molar refractivity (Wildman–Crippen MR) is 158 cm³/mol. The largest absolute Gasteiger partial charge is 0.354 e. The fraction of sp³-hybridized carbons (Fsp3) is 0.375. The Bertz CT molecular complexity index is 1180. The molecule has 6 heteroatoms. The van der Waals surface area contributed by atoms with E-state index in [0.29, 0.717) is 35.0 Å². The van der Waals surface area contributed by atoms with E-state index in [1.807, 2.05) is 37.3 Å². The standard InChI is InChI=1S/C32H38Cl2N2O2/c1-5-20-35-31(38)29(21-24-10-7-6-8-11-24)36(22-26-27(33)12-9-13-28(26)34)30(37)19-16-23-14-17-25(18-15-23)32(2,3)4/h6-15,17-18,29H,5,16,19-22H2,1-4H3,(H,35,38)/t29-/m1/s1. The molecule has 0 aliphatic heterocycles. The first-order valence-electron chi connectivity index (χ1n) is 13.2. The van der Waals surface area contributed by atoms with Crippen molar-refractivity contribution < 1.29 is 9.59 Å². The van der Waals surface area contributed by atoms with Gasteiger partial charge in [-0.15, -0.1) is 0 Å². The smallest absolute Gasteiger partial charge is 0.243 e. The molecule has 3 rings (SSSR count). The van der Waals surface area contributed by atoms with E-state index in [2.05, 4.69) is 50.4 Å². The van der Waals surface area contributed by atoms with Gasteiger partial charge in [-0.1, -0.05) is 112 Å². The summed E-state index contributed by atoms with van der Waals surface area (Å²) < 4.78 is 0. The topological polar surface area (TPSA) is 49.4 Å². The molecule has 4 nitrogen and oxygen atoms in total. The molecule has 0 fully saturated rings. The molecule has 0 heterocycles. The van der Waals surface area contributed by atoms with Crippen LogP contribution in [-0.4, -0.2) is 29.3 Å². The molecule has 0 radical (unpaired) electrons. The Kier molecular flexibility index (Phi) is 10.8. The minimum Gasteiger partial charge on any atom is -0.354 e. The van der Waals surface area contributed by atoms with Crippen molar-refractivity contribution >= 4 is 35.0 Å². The number of aryl methyl sites for hydroxylation is 1. The highest BCUT2D eigenvalue weighted by Gasteiger charge is 2.31. The van der Waals surface area contributed by atoms with Crippen LogP contribution in [0.25, 0.3) is 0 Å². The van der Waals surface area contributed by atoms with E-state index in [1.165, 1.54) is 5.56 Å². The molecule has 0 aliphatic rings. The summed E-state index contributed by atoms with van der Waals surface area (Å²) in [4.78, 5) is 28.9. The Morgan fingerprint density at radius 1 is 0.868 bits per heavy atom. The number of carbonyl (C=O) groups is 2. The molecule has 0 saturated heterocycles. The molecule has 0 spiro atoms. The summed E-state index contributed by atoms with van der Waals surface area (Å²) in [6.45, 7) is 9.24. The minimum atomic E-state index is -0.702. The molecule has 0 unspecified atom stereocenters. The summed E-state index contributed by atoms with van der Waals surface area (Å²) in [6.07, 6.45) is 2.04. The zero-order valence-electron chi connectivity index (χ0n) is 22.8. The quantitative estimate of drug-likeness (QED) is 0.269. The maximum absolute atomic E-state index is 13.8. The van der Waals surface area contributed by atoms with Crippen LogP contribution >= 0.6 is 23.2 Å². The molecule has 202 valence electrons. The Balaban J connectivity index is 1.91. The second-order valence-electron chi connectivity index (χ2n) is 10.7. The molecule has 1 N–H and O–H groups in total. The average Bonchev–Trinajstić information content (AvgIpc) is 2.89. The van der Waals surface area contributed by atoms with Crippen LogP contribution in [0.3, 0.4) is 0 Å².